The molecule has 0 saturated carbocycles. The quantitative estimate of drug-likeness (QED) is 0.481. The lowest BCUT2D eigenvalue weighted by Crippen LogP contribution is -2.43. The molecule has 2 aromatic carbocycles. The smallest absolute Gasteiger partial charge is 0.226 e. The molecule has 1 amide bonds. The molecule has 1 heterocycles. The molecule has 5 nitrogen and oxygen atoms in total. The molecule has 6 heteroatoms. The highest BCUT2D eigenvalue weighted by Gasteiger charge is 2.18. The average molecular weight is 436 g/mol. The Bertz CT molecular complexity index is 998. The van der Waals surface area contributed by atoms with E-state index >= 15 is 0 Å². The highest BCUT2D eigenvalue weighted by atomic mass is 19.1. The minimum absolute atomic E-state index is 0.108. The van der Waals surface area contributed by atoms with Gasteiger partial charge >= 0.3 is 0 Å². The van der Waals surface area contributed by atoms with Crippen LogP contribution in [0.2, 0.25) is 0 Å². The number of amides is 1. The molecular weight excluding hydrogens is 405 g/mol. The van der Waals surface area contributed by atoms with Crippen LogP contribution in [0, 0.1) is 5.82 Å². The Morgan fingerprint density at radius 1 is 1.28 bits per heavy atom. The van der Waals surface area contributed by atoms with E-state index in [9.17, 15) is 9.18 Å². The fourth-order valence-electron chi connectivity index (χ4n) is 3.59. The number of nitrogens with zero attached hydrogens (tertiary/aromatic N) is 2. The van der Waals surface area contributed by atoms with Crippen LogP contribution in [0.3, 0.4) is 0 Å². The molecule has 1 saturated heterocycles. The van der Waals surface area contributed by atoms with Crippen molar-refractivity contribution in [2.75, 3.05) is 24.7 Å². The number of hydrogen-bond donors (Lipinski definition) is 1. The standard InChI is InChI=1S/C26H30FN3O2/c1-19(22-8-11-25(12-9-22)30-13-14-32-18-20(30)2)7-10-24(28-3)16-26(31)29-17-21-5-4-6-23(27)15-21/h4-12,15,20H,3,13-14,16-18H2,1-2H3,(H,29,31)/b19-7+,24-10-/t20-/m0/s1. The topological polar surface area (TPSA) is 53.9 Å². The number of anilines is 1. The van der Waals surface area contributed by atoms with Crippen LogP contribution in [0.4, 0.5) is 10.1 Å². The number of carbonyl (C=O) groups excluding carboxylic acids is 1. The van der Waals surface area contributed by atoms with E-state index < -0.39 is 0 Å². The van der Waals surface area contributed by atoms with Crippen LogP contribution in [-0.4, -0.2) is 38.4 Å². The van der Waals surface area contributed by atoms with Gasteiger partial charge in [0.25, 0.3) is 0 Å². The van der Waals surface area contributed by atoms with Gasteiger partial charge in [-0.3, -0.25) is 9.79 Å². The molecule has 3 rings (SSSR count). The Balaban J connectivity index is 1.58. The van der Waals surface area contributed by atoms with Crippen LogP contribution < -0.4 is 10.2 Å². The van der Waals surface area contributed by atoms with E-state index in [1.54, 1.807) is 12.1 Å². The van der Waals surface area contributed by atoms with E-state index in [0.717, 1.165) is 30.9 Å². The summed E-state index contributed by atoms with van der Waals surface area (Å²) in [6.07, 6.45) is 3.86. The summed E-state index contributed by atoms with van der Waals surface area (Å²) in [5.41, 5.74) is 4.63. The first-order chi connectivity index (χ1) is 15.5. The molecule has 0 unspecified atom stereocenters. The third-order valence-electron chi connectivity index (χ3n) is 5.47. The van der Waals surface area contributed by atoms with Crippen molar-refractivity contribution in [3.8, 4) is 0 Å². The highest BCUT2D eigenvalue weighted by Crippen LogP contribution is 2.23. The number of rotatable bonds is 8. The van der Waals surface area contributed by atoms with Gasteiger partial charge in [-0.25, -0.2) is 4.39 Å². The largest absolute Gasteiger partial charge is 0.377 e. The minimum Gasteiger partial charge on any atom is -0.377 e. The summed E-state index contributed by atoms with van der Waals surface area (Å²) < 4.78 is 18.8. The van der Waals surface area contributed by atoms with Crippen molar-refractivity contribution >= 4 is 23.9 Å². The van der Waals surface area contributed by atoms with Gasteiger partial charge in [0.05, 0.1) is 19.6 Å². The lowest BCUT2D eigenvalue weighted by Gasteiger charge is -2.35. The summed E-state index contributed by atoms with van der Waals surface area (Å²) in [6, 6.07) is 15.0. The Morgan fingerprint density at radius 2 is 2.06 bits per heavy atom. The van der Waals surface area contributed by atoms with E-state index in [1.165, 1.54) is 17.8 Å². The molecule has 1 N–H and O–H groups in total. The Kier molecular flexibility index (Phi) is 8.34. The van der Waals surface area contributed by atoms with Crippen molar-refractivity contribution in [3.63, 3.8) is 0 Å². The van der Waals surface area contributed by atoms with Crippen molar-refractivity contribution < 1.29 is 13.9 Å². The van der Waals surface area contributed by atoms with Crippen LogP contribution in [0.25, 0.3) is 5.57 Å². The van der Waals surface area contributed by atoms with Gasteiger partial charge in [-0.1, -0.05) is 30.3 Å². The van der Waals surface area contributed by atoms with E-state index in [0.29, 0.717) is 17.3 Å². The Hall–Kier alpha value is -3.25. The predicted molar refractivity (Wildman–Crippen MR) is 128 cm³/mol. The zero-order chi connectivity index (χ0) is 22.9. The van der Waals surface area contributed by atoms with Crippen molar-refractivity contribution in [3.05, 3.63) is 83.3 Å². The molecule has 168 valence electrons. The number of nitrogens with one attached hydrogen (secondary N) is 1. The maximum absolute atomic E-state index is 13.2. The summed E-state index contributed by atoms with van der Waals surface area (Å²) in [7, 11) is 0. The summed E-state index contributed by atoms with van der Waals surface area (Å²) >= 11 is 0. The van der Waals surface area contributed by atoms with Gasteiger partial charge in [0, 0.05) is 30.5 Å². The normalized spacial score (nSPS) is 17.2. The van der Waals surface area contributed by atoms with Crippen LogP contribution in [0.15, 0.2) is 71.4 Å². The lowest BCUT2D eigenvalue weighted by atomic mass is 10.1. The van der Waals surface area contributed by atoms with Gasteiger partial charge in [0.1, 0.15) is 5.82 Å². The van der Waals surface area contributed by atoms with Crippen molar-refractivity contribution in [1.82, 2.24) is 5.32 Å². The van der Waals surface area contributed by atoms with E-state index in [4.69, 9.17) is 4.74 Å². The number of ether oxygens (including phenoxy) is 1. The second kappa shape index (κ2) is 11.4. The third kappa shape index (κ3) is 6.62. The zero-order valence-electron chi connectivity index (χ0n) is 18.7. The van der Waals surface area contributed by atoms with E-state index in [1.807, 2.05) is 19.1 Å². The molecule has 0 radical (unpaired) electrons. The Labute approximate surface area is 189 Å². The van der Waals surface area contributed by atoms with Crippen LogP contribution in [-0.2, 0) is 16.1 Å². The third-order valence-corrected chi connectivity index (χ3v) is 5.47. The molecule has 1 aliphatic rings. The lowest BCUT2D eigenvalue weighted by molar-refractivity contribution is -0.120. The molecule has 1 aliphatic heterocycles. The van der Waals surface area contributed by atoms with E-state index in [2.05, 4.69) is 53.1 Å². The molecule has 0 spiro atoms. The second-order valence-corrected chi connectivity index (χ2v) is 7.91. The number of allylic oxidation sites excluding steroid dienone is 3. The van der Waals surface area contributed by atoms with Gasteiger partial charge in [-0.15, -0.1) is 0 Å². The van der Waals surface area contributed by atoms with Crippen LogP contribution in [0.1, 0.15) is 31.4 Å². The molecule has 32 heavy (non-hydrogen) atoms. The van der Waals surface area contributed by atoms with Gasteiger partial charge in [-0.2, -0.15) is 0 Å². The van der Waals surface area contributed by atoms with E-state index in [-0.39, 0.29) is 24.7 Å². The predicted octanol–water partition coefficient (Wildman–Crippen LogP) is 4.75. The molecule has 0 bridgehead atoms. The maximum atomic E-state index is 13.2. The van der Waals surface area contributed by atoms with Gasteiger partial charge in [0.2, 0.25) is 5.91 Å². The van der Waals surface area contributed by atoms with Gasteiger partial charge < -0.3 is 15.0 Å². The summed E-state index contributed by atoms with van der Waals surface area (Å²) in [4.78, 5) is 18.6. The van der Waals surface area contributed by atoms with Gasteiger partial charge in [-0.05, 0) is 67.6 Å². The SMILES string of the molecule is C=N/C(=C\C=C(/C)c1ccc(N2CCOC[C@@H]2C)cc1)CC(=O)NCc1cccc(F)c1. The van der Waals surface area contributed by atoms with Gasteiger partial charge in [0.15, 0.2) is 0 Å². The summed E-state index contributed by atoms with van der Waals surface area (Å²) in [6.45, 7) is 10.4. The summed E-state index contributed by atoms with van der Waals surface area (Å²) in [5, 5.41) is 2.78. The molecule has 0 aromatic heterocycles. The minimum atomic E-state index is -0.321. The first-order valence-electron chi connectivity index (χ1n) is 10.8. The zero-order valence-corrected chi connectivity index (χ0v) is 18.7. The van der Waals surface area contributed by atoms with Crippen LogP contribution in [0.5, 0.6) is 0 Å². The molecule has 1 fully saturated rings. The second-order valence-electron chi connectivity index (χ2n) is 7.91. The maximum Gasteiger partial charge on any atom is 0.226 e. The Morgan fingerprint density at radius 3 is 2.75 bits per heavy atom. The van der Waals surface area contributed by atoms with Crippen molar-refractivity contribution in [1.29, 1.82) is 0 Å². The summed E-state index contributed by atoms with van der Waals surface area (Å²) in [5.74, 6) is -0.513. The number of hydrogen-bond acceptors (Lipinski definition) is 4. The monoisotopic (exact) mass is 435 g/mol. The average Bonchev–Trinajstić information content (AvgIpc) is 2.80. The number of morpholine rings is 1. The number of halogens is 1. The number of aliphatic imine (C=N–C) groups is 1. The number of carbonyl (C=O) groups is 1. The van der Waals surface area contributed by atoms with Crippen LogP contribution >= 0.6 is 0 Å². The van der Waals surface area contributed by atoms with Crippen molar-refractivity contribution in [2.24, 2.45) is 4.99 Å². The van der Waals surface area contributed by atoms with Crippen molar-refractivity contribution in [2.45, 2.75) is 32.9 Å². The highest BCUT2D eigenvalue weighted by molar-refractivity contribution is 5.79. The molecule has 1 atom stereocenters. The first-order valence-corrected chi connectivity index (χ1v) is 10.8. The molecule has 2 aromatic rings. The number of benzene rings is 2. The first kappa shape index (κ1) is 23.4. The fraction of sp³-hybridized carbons (Fsp3) is 0.308. The fourth-order valence-corrected chi connectivity index (χ4v) is 3.59. The molecular formula is C26H30FN3O2. The molecule has 0 aliphatic carbocycles.